The van der Waals surface area contributed by atoms with E-state index >= 15 is 0 Å². The number of aliphatic carboxylic acids is 1. The molecule has 0 aliphatic rings. The van der Waals surface area contributed by atoms with Gasteiger partial charge in [-0.15, -0.1) is 0 Å². The van der Waals surface area contributed by atoms with Crippen LogP contribution in [0, 0.1) is 17.2 Å². The van der Waals surface area contributed by atoms with Crippen molar-refractivity contribution in [1.29, 1.82) is 5.26 Å². The zero-order valence-electron chi connectivity index (χ0n) is 10.8. The summed E-state index contributed by atoms with van der Waals surface area (Å²) in [7, 11) is 1.55. The Hall–Kier alpha value is -2.55. The monoisotopic (exact) mass is 261 g/mol. The summed E-state index contributed by atoms with van der Waals surface area (Å²) >= 11 is 0. The average Bonchev–Trinajstić information content (AvgIpc) is 2.43. The molecular formula is C13H15N3O3. The van der Waals surface area contributed by atoms with Crippen LogP contribution in [0.1, 0.15) is 12.5 Å². The summed E-state index contributed by atoms with van der Waals surface area (Å²) in [5, 5.41) is 20.0. The third-order valence-electron chi connectivity index (χ3n) is 2.65. The SMILES string of the molecule is CC(CNC(=O)N(C)c1cccc(C#N)c1)C(=O)O. The molecule has 6 nitrogen and oxygen atoms in total. The van der Waals surface area contributed by atoms with Crippen LogP contribution in [0.15, 0.2) is 24.3 Å². The average molecular weight is 261 g/mol. The summed E-state index contributed by atoms with van der Waals surface area (Å²) < 4.78 is 0. The summed E-state index contributed by atoms with van der Waals surface area (Å²) in [6.45, 7) is 1.56. The minimum absolute atomic E-state index is 0.0520. The molecule has 0 spiro atoms. The topological polar surface area (TPSA) is 93.4 Å². The number of benzene rings is 1. The summed E-state index contributed by atoms with van der Waals surface area (Å²) in [6.07, 6.45) is 0. The fraction of sp³-hybridized carbons (Fsp3) is 0.308. The third kappa shape index (κ3) is 4.00. The number of carbonyl (C=O) groups excluding carboxylic acids is 1. The third-order valence-corrected chi connectivity index (χ3v) is 2.65. The quantitative estimate of drug-likeness (QED) is 0.857. The van der Waals surface area contributed by atoms with Crippen LogP contribution < -0.4 is 10.2 Å². The maximum Gasteiger partial charge on any atom is 0.321 e. The Labute approximate surface area is 111 Å². The molecule has 6 heteroatoms. The van der Waals surface area contributed by atoms with Crippen molar-refractivity contribution in [2.75, 3.05) is 18.5 Å². The maximum absolute atomic E-state index is 11.8. The van der Waals surface area contributed by atoms with Crippen molar-refractivity contribution >= 4 is 17.7 Å². The number of carbonyl (C=O) groups is 2. The van der Waals surface area contributed by atoms with Gasteiger partial charge in [0.05, 0.1) is 17.6 Å². The van der Waals surface area contributed by atoms with Gasteiger partial charge >= 0.3 is 12.0 Å². The van der Waals surface area contributed by atoms with Gasteiger partial charge < -0.3 is 10.4 Å². The lowest BCUT2D eigenvalue weighted by atomic mass is 10.2. The maximum atomic E-state index is 11.8. The number of amides is 2. The van der Waals surface area contributed by atoms with E-state index in [1.807, 2.05) is 6.07 Å². The highest BCUT2D eigenvalue weighted by Crippen LogP contribution is 2.14. The summed E-state index contributed by atoms with van der Waals surface area (Å²) in [6, 6.07) is 8.17. The molecule has 19 heavy (non-hydrogen) atoms. The van der Waals surface area contributed by atoms with Crippen LogP contribution in [0.4, 0.5) is 10.5 Å². The second-order valence-electron chi connectivity index (χ2n) is 4.15. The molecule has 2 amide bonds. The van der Waals surface area contributed by atoms with Gasteiger partial charge in [-0.3, -0.25) is 9.69 Å². The Morgan fingerprint density at radius 3 is 2.79 bits per heavy atom. The standard InChI is InChI=1S/C13H15N3O3/c1-9(12(17)18)8-15-13(19)16(2)11-5-3-4-10(6-11)7-14/h3-6,9H,8H2,1-2H3,(H,15,19)(H,17,18). The van der Waals surface area contributed by atoms with E-state index in [4.69, 9.17) is 10.4 Å². The van der Waals surface area contributed by atoms with Gasteiger partial charge in [0, 0.05) is 19.3 Å². The number of nitrogens with one attached hydrogen (secondary N) is 1. The molecule has 0 saturated heterocycles. The smallest absolute Gasteiger partial charge is 0.321 e. The highest BCUT2D eigenvalue weighted by Gasteiger charge is 2.15. The molecule has 0 fully saturated rings. The van der Waals surface area contributed by atoms with E-state index < -0.39 is 17.9 Å². The van der Waals surface area contributed by atoms with Crippen molar-refractivity contribution in [3.8, 4) is 6.07 Å². The van der Waals surface area contributed by atoms with E-state index in [9.17, 15) is 9.59 Å². The molecule has 0 radical (unpaired) electrons. The van der Waals surface area contributed by atoms with Crippen LogP contribution in [0.5, 0.6) is 0 Å². The zero-order chi connectivity index (χ0) is 14.4. The van der Waals surface area contributed by atoms with Gasteiger partial charge in [0.1, 0.15) is 0 Å². The van der Waals surface area contributed by atoms with Gasteiger partial charge in [0.2, 0.25) is 0 Å². The molecule has 100 valence electrons. The van der Waals surface area contributed by atoms with Crippen LogP contribution in [0.2, 0.25) is 0 Å². The molecule has 0 aromatic heterocycles. The molecule has 0 aliphatic carbocycles. The van der Waals surface area contributed by atoms with Crippen molar-refractivity contribution in [3.05, 3.63) is 29.8 Å². The first-order valence-electron chi connectivity index (χ1n) is 5.70. The number of nitrogens with zero attached hydrogens (tertiary/aromatic N) is 2. The second kappa shape index (κ2) is 6.40. The van der Waals surface area contributed by atoms with Gasteiger partial charge in [-0.25, -0.2) is 4.79 Å². The second-order valence-corrected chi connectivity index (χ2v) is 4.15. The van der Waals surface area contributed by atoms with Crippen LogP contribution in [0.3, 0.4) is 0 Å². The van der Waals surface area contributed by atoms with E-state index in [-0.39, 0.29) is 6.54 Å². The van der Waals surface area contributed by atoms with Crippen LogP contribution in [-0.2, 0) is 4.79 Å². The van der Waals surface area contributed by atoms with E-state index in [2.05, 4.69) is 5.32 Å². The summed E-state index contributed by atoms with van der Waals surface area (Å²) in [4.78, 5) is 23.8. The Morgan fingerprint density at radius 1 is 1.53 bits per heavy atom. The largest absolute Gasteiger partial charge is 0.481 e. The van der Waals surface area contributed by atoms with Crippen LogP contribution in [0.25, 0.3) is 0 Å². The van der Waals surface area contributed by atoms with Crippen LogP contribution in [-0.4, -0.2) is 30.7 Å². The predicted octanol–water partition coefficient (Wildman–Crippen LogP) is 1.42. The number of anilines is 1. The number of carboxylic acids is 1. The molecule has 1 rings (SSSR count). The molecule has 0 heterocycles. The van der Waals surface area contributed by atoms with E-state index in [0.29, 0.717) is 11.3 Å². The van der Waals surface area contributed by atoms with Gasteiger partial charge in [-0.2, -0.15) is 5.26 Å². The molecular weight excluding hydrogens is 246 g/mol. The Balaban J connectivity index is 2.66. The molecule has 2 N–H and O–H groups in total. The number of nitriles is 1. The van der Waals surface area contributed by atoms with E-state index in [1.165, 1.54) is 11.8 Å². The fourth-order valence-corrected chi connectivity index (χ4v) is 1.35. The van der Waals surface area contributed by atoms with Crippen molar-refractivity contribution in [2.24, 2.45) is 5.92 Å². The summed E-state index contributed by atoms with van der Waals surface area (Å²) in [5.41, 5.74) is 1.02. The molecule has 0 aliphatic heterocycles. The number of carboxylic acid groups (broad SMARTS) is 1. The lowest BCUT2D eigenvalue weighted by molar-refractivity contribution is -0.140. The first kappa shape index (κ1) is 14.5. The highest BCUT2D eigenvalue weighted by atomic mass is 16.4. The zero-order valence-corrected chi connectivity index (χ0v) is 10.8. The van der Waals surface area contributed by atoms with Crippen molar-refractivity contribution in [2.45, 2.75) is 6.92 Å². The van der Waals surface area contributed by atoms with Crippen molar-refractivity contribution in [1.82, 2.24) is 5.32 Å². The van der Waals surface area contributed by atoms with Crippen molar-refractivity contribution in [3.63, 3.8) is 0 Å². The predicted molar refractivity (Wildman–Crippen MR) is 69.8 cm³/mol. The number of hydrogen-bond donors (Lipinski definition) is 2. The first-order valence-corrected chi connectivity index (χ1v) is 5.70. The first-order chi connectivity index (χ1) is 8.95. The lowest BCUT2D eigenvalue weighted by Gasteiger charge is -2.19. The highest BCUT2D eigenvalue weighted by molar-refractivity contribution is 5.91. The fourth-order valence-electron chi connectivity index (χ4n) is 1.35. The Morgan fingerprint density at radius 2 is 2.21 bits per heavy atom. The lowest BCUT2D eigenvalue weighted by Crippen LogP contribution is -2.40. The number of rotatable bonds is 4. The number of urea groups is 1. The Bertz CT molecular complexity index is 522. The molecule has 1 aromatic carbocycles. The van der Waals surface area contributed by atoms with Crippen LogP contribution >= 0.6 is 0 Å². The van der Waals surface area contributed by atoms with E-state index in [0.717, 1.165) is 0 Å². The normalized spacial score (nSPS) is 11.2. The molecule has 1 aromatic rings. The van der Waals surface area contributed by atoms with Gasteiger partial charge in [-0.05, 0) is 18.2 Å². The number of hydrogen-bond acceptors (Lipinski definition) is 3. The minimum atomic E-state index is -0.963. The minimum Gasteiger partial charge on any atom is -0.481 e. The van der Waals surface area contributed by atoms with E-state index in [1.54, 1.807) is 31.3 Å². The van der Waals surface area contributed by atoms with Gasteiger partial charge in [0.25, 0.3) is 0 Å². The van der Waals surface area contributed by atoms with Crippen molar-refractivity contribution < 1.29 is 14.7 Å². The van der Waals surface area contributed by atoms with Gasteiger partial charge in [0.15, 0.2) is 0 Å². The molecule has 1 unspecified atom stereocenters. The summed E-state index contributed by atoms with van der Waals surface area (Å²) in [5.74, 6) is -1.61. The molecule has 0 saturated carbocycles. The molecule has 1 atom stereocenters. The molecule has 0 bridgehead atoms. The van der Waals surface area contributed by atoms with Gasteiger partial charge in [-0.1, -0.05) is 13.0 Å². The Kier molecular flexibility index (Phi) is 4.89.